The third-order valence-electron chi connectivity index (χ3n) is 8.24. The van der Waals surface area contributed by atoms with Gasteiger partial charge in [-0.25, -0.2) is 4.79 Å². The number of nitrogens with one attached hydrogen (secondary N) is 1. The average Bonchev–Trinajstić information content (AvgIpc) is 3.25. The second kappa shape index (κ2) is 9.82. The lowest BCUT2D eigenvalue weighted by Gasteiger charge is -2.45. The molecule has 40 heavy (non-hydrogen) atoms. The highest BCUT2D eigenvalue weighted by Gasteiger charge is 2.62. The lowest BCUT2D eigenvalue weighted by atomic mass is 9.55. The molecule has 1 aliphatic heterocycles. The summed E-state index contributed by atoms with van der Waals surface area (Å²) in [6, 6.07) is 19.6. The molecule has 1 heterocycles. The van der Waals surface area contributed by atoms with Crippen LogP contribution in [-0.4, -0.2) is 55.5 Å². The highest BCUT2D eigenvalue weighted by atomic mass is 16.5. The number of imide groups is 1. The molecule has 1 N–H and O–H groups in total. The van der Waals surface area contributed by atoms with Gasteiger partial charge in [-0.05, 0) is 41.3 Å². The Morgan fingerprint density at radius 2 is 1.35 bits per heavy atom. The molecule has 0 radical (unpaired) electrons. The van der Waals surface area contributed by atoms with Gasteiger partial charge in [-0.15, -0.1) is 0 Å². The van der Waals surface area contributed by atoms with Gasteiger partial charge in [0.1, 0.15) is 17.5 Å². The minimum absolute atomic E-state index is 0.266. The van der Waals surface area contributed by atoms with Gasteiger partial charge in [0.15, 0.2) is 6.61 Å². The maximum absolute atomic E-state index is 13.8. The van der Waals surface area contributed by atoms with Gasteiger partial charge in [0.05, 0.1) is 31.7 Å². The predicted octanol–water partition coefficient (Wildman–Crippen LogP) is 3.47. The number of methoxy groups -OCH3 is 2. The number of benzene rings is 3. The van der Waals surface area contributed by atoms with E-state index in [0.29, 0.717) is 17.2 Å². The number of carbonyl (C=O) groups excluding carboxylic acids is 4. The molecule has 0 saturated carbocycles. The van der Waals surface area contributed by atoms with Crippen molar-refractivity contribution < 1.29 is 33.4 Å². The van der Waals surface area contributed by atoms with Crippen LogP contribution in [0.4, 0.5) is 5.69 Å². The summed E-state index contributed by atoms with van der Waals surface area (Å²) in [5, 5.41) is 2.63. The summed E-state index contributed by atoms with van der Waals surface area (Å²) in [5.74, 6) is -2.99. The van der Waals surface area contributed by atoms with E-state index in [9.17, 15) is 19.2 Å². The number of carbonyl (C=O) groups is 4. The summed E-state index contributed by atoms with van der Waals surface area (Å²) in [5.41, 5.74) is 4.58. The SMILES string of the molecule is COc1ccc(NC(=O)COC(=O)[C@@H](C)N2C(=O)[C@@H]3C4c5ccccc5C(c5ccccc54)[C@@H]3C2=O)c(OC)c1. The summed E-state index contributed by atoms with van der Waals surface area (Å²) >= 11 is 0. The van der Waals surface area contributed by atoms with E-state index in [1.54, 1.807) is 18.2 Å². The van der Waals surface area contributed by atoms with Crippen LogP contribution < -0.4 is 14.8 Å². The van der Waals surface area contributed by atoms with Gasteiger partial charge in [-0.2, -0.15) is 0 Å². The molecule has 2 bridgehead atoms. The highest BCUT2D eigenvalue weighted by molar-refractivity contribution is 6.10. The lowest BCUT2D eigenvalue weighted by molar-refractivity contribution is -0.159. The Morgan fingerprint density at radius 1 is 0.825 bits per heavy atom. The van der Waals surface area contributed by atoms with Gasteiger partial charge in [-0.1, -0.05) is 48.5 Å². The zero-order valence-electron chi connectivity index (χ0n) is 22.2. The van der Waals surface area contributed by atoms with Crippen LogP contribution in [0.25, 0.3) is 0 Å². The van der Waals surface area contributed by atoms with Crippen LogP contribution in [0, 0.1) is 11.8 Å². The standard InChI is InChI=1S/C31H28N2O7/c1-16(31(37)40-15-24(34)32-22-13-12-17(38-2)14-23(22)39-3)33-29(35)27-25-18-8-4-5-9-19(18)26(28(27)30(33)36)21-11-7-6-10-20(21)25/h4-14,16,25-28H,15H2,1-3H3,(H,32,34)/t16-,25?,26?,27-,28+/m1/s1. The Kier molecular flexibility index (Phi) is 6.29. The van der Waals surface area contributed by atoms with Crippen molar-refractivity contribution in [2.45, 2.75) is 24.8 Å². The van der Waals surface area contributed by atoms with E-state index in [0.717, 1.165) is 27.2 Å². The van der Waals surface area contributed by atoms with E-state index in [4.69, 9.17) is 14.2 Å². The second-order valence-electron chi connectivity index (χ2n) is 10.2. The Hall–Kier alpha value is -4.66. The summed E-state index contributed by atoms with van der Waals surface area (Å²) < 4.78 is 15.7. The minimum atomic E-state index is -1.18. The fraction of sp³-hybridized carbons (Fsp3) is 0.290. The Bertz CT molecular complexity index is 1430. The van der Waals surface area contributed by atoms with Crippen LogP contribution in [-0.2, 0) is 23.9 Å². The van der Waals surface area contributed by atoms with E-state index in [1.165, 1.54) is 21.1 Å². The van der Waals surface area contributed by atoms with Gasteiger partial charge in [-0.3, -0.25) is 19.3 Å². The van der Waals surface area contributed by atoms with Crippen LogP contribution >= 0.6 is 0 Å². The Morgan fingerprint density at radius 3 is 1.82 bits per heavy atom. The molecule has 3 atom stereocenters. The minimum Gasteiger partial charge on any atom is -0.497 e. The number of anilines is 1. The summed E-state index contributed by atoms with van der Waals surface area (Å²) in [4.78, 5) is 54.2. The Balaban J connectivity index is 1.19. The first kappa shape index (κ1) is 25.6. The molecule has 0 unspecified atom stereocenters. The topological polar surface area (TPSA) is 111 Å². The molecule has 0 spiro atoms. The molecular weight excluding hydrogens is 512 g/mol. The molecule has 1 fully saturated rings. The average molecular weight is 541 g/mol. The molecule has 4 aliphatic rings. The van der Waals surface area contributed by atoms with Crippen molar-refractivity contribution in [1.82, 2.24) is 4.90 Å². The van der Waals surface area contributed by atoms with Crippen molar-refractivity contribution in [3.8, 4) is 11.5 Å². The van der Waals surface area contributed by atoms with Crippen molar-refractivity contribution >= 4 is 29.4 Å². The quantitative estimate of drug-likeness (QED) is 0.361. The third-order valence-corrected chi connectivity index (χ3v) is 8.24. The van der Waals surface area contributed by atoms with E-state index >= 15 is 0 Å². The molecule has 3 aromatic rings. The number of hydrogen-bond acceptors (Lipinski definition) is 7. The zero-order valence-corrected chi connectivity index (χ0v) is 22.2. The van der Waals surface area contributed by atoms with Crippen LogP contribution in [0.5, 0.6) is 11.5 Å². The van der Waals surface area contributed by atoms with Gasteiger partial charge in [0, 0.05) is 17.9 Å². The van der Waals surface area contributed by atoms with E-state index in [-0.39, 0.29) is 23.7 Å². The summed E-state index contributed by atoms with van der Waals surface area (Å²) in [6.45, 7) is 0.867. The molecule has 7 rings (SSSR count). The number of nitrogens with zero attached hydrogens (tertiary/aromatic N) is 1. The zero-order chi connectivity index (χ0) is 28.1. The number of hydrogen-bond donors (Lipinski definition) is 1. The lowest BCUT2D eigenvalue weighted by Crippen LogP contribution is -2.45. The fourth-order valence-corrected chi connectivity index (χ4v) is 6.53. The number of esters is 1. The van der Waals surface area contributed by atoms with Gasteiger partial charge < -0.3 is 19.5 Å². The van der Waals surface area contributed by atoms with Crippen LogP contribution in [0.1, 0.15) is 41.0 Å². The van der Waals surface area contributed by atoms with E-state index in [2.05, 4.69) is 5.32 Å². The van der Waals surface area contributed by atoms with Crippen molar-refractivity contribution in [3.05, 3.63) is 89.0 Å². The molecule has 3 aliphatic carbocycles. The highest BCUT2D eigenvalue weighted by Crippen LogP contribution is 2.61. The third kappa shape index (κ3) is 3.84. The molecule has 204 valence electrons. The first-order valence-corrected chi connectivity index (χ1v) is 13.1. The largest absolute Gasteiger partial charge is 0.497 e. The fourth-order valence-electron chi connectivity index (χ4n) is 6.53. The second-order valence-corrected chi connectivity index (χ2v) is 10.2. The van der Waals surface area contributed by atoms with Crippen molar-refractivity contribution in [1.29, 1.82) is 0 Å². The summed E-state index contributed by atoms with van der Waals surface area (Å²) in [6.07, 6.45) is 0. The monoisotopic (exact) mass is 540 g/mol. The van der Waals surface area contributed by atoms with Crippen molar-refractivity contribution in [2.24, 2.45) is 11.8 Å². The van der Waals surface area contributed by atoms with Crippen molar-refractivity contribution in [2.75, 3.05) is 26.1 Å². The molecule has 9 nitrogen and oxygen atoms in total. The Labute approximate surface area is 231 Å². The van der Waals surface area contributed by atoms with Crippen LogP contribution in [0.2, 0.25) is 0 Å². The van der Waals surface area contributed by atoms with E-state index < -0.39 is 36.4 Å². The van der Waals surface area contributed by atoms with Crippen LogP contribution in [0.15, 0.2) is 66.7 Å². The number of likely N-dealkylation sites (tertiary alicyclic amines) is 1. The normalized spacial score (nSPS) is 22.6. The molecular formula is C31H28N2O7. The molecule has 3 amide bonds. The first-order chi connectivity index (χ1) is 19.3. The number of rotatable bonds is 7. The summed E-state index contributed by atoms with van der Waals surface area (Å²) in [7, 11) is 2.97. The number of ether oxygens (including phenoxy) is 3. The number of amides is 3. The smallest absolute Gasteiger partial charge is 0.329 e. The van der Waals surface area contributed by atoms with Gasteiger partial charge >= 0.3 is 5.97 Å². The molecule has 9 heteroatoms. The molecule has 0 aromatic heterocycles. The molecule has 3 aromatic carbocycles. The van der Waals surface area contributed by atoms with Gasteiger partial charge in [0.2, 0.25) is 11.8 Å². The maximum Gasteiger partial charge on any atom is 0.329 e. The van der Waals surface area contributed by atoms with Crippen LogP contribution in [0.3, 0.4) is 0 Å². The predicted molar refractivity (Wildman–Crippen MR) is 144 cm³/mol. The first-order valence-electron chi connectivity index (χ1n) is 13.1. The maximum atomic E-state index is 13.8. The van der Waals surface area contributed by atoms with E-state index in [1.807, 2.05) is 48.5 Å². The van der Waals surface area contributed by atoms with Crippen molar-refractivity contribution in [3.63, 3.8) is 0 Å². The van der Waals surface area contributed by atoms with Gasteiger partial charge in [0.25, 0.3) is 5.91 Å². The molecule has 1 saturated heterocycles.